The highest BCUT2D eigenvalue weighted by Gasteiger charge is 2.17. The highest BCUT2D eigenvalue weighted by atomic mass is 14.9. The molecule has 1 unspecified atom stereocenters. The normalized spacial score (nSPS) is 18.8. The van der Waals surface area contributed by atoms with Crippen molar-refractivity contribution in [3.8, 4) is 0 Å². The fourth-order valence-corrected chi connectivity index (χ4v) is 2.73. The zero-order valence-electron chi connectivity index (χ0n) is 11.7. The minimum absolute atomic E-state index is 0.229. The van der Waals surface area contributed by atoms with Crippen LogP contribution in [0, 0.1) is 6.92 Å². The van der Waals surface area contributed by atoms with Crippen molar-refractivity contribution in [3.63, 3.8) is 0 Å². The lowest BCUT2D eigenvalue weighted by Crippen LogP contribution is -2.17. The Morgan fingerprint density at radius 3 is 2.67 bits per heavy atom. The van der Waals surface area contributed by atoms with Crippen molar-refractivity contribution in [2.45, 2.75) is 70.8 Å². The maximum atomic E-state index is 5.80. The van der Waals surface area contributed by atoms with Crippen LogP contribution in [0.1, 0.15) is 68.6 Å². The summed E-state index contributed by atoms with van der Waals surface area (Å²) in [6, 6.07) is 2.40. The lowest BCUT2D eigenvalue weighted by atomic mass is 9.86. The summed E-state index contributed by atoms with van der Waals surface area (Å²) >= 11 is 0. The molecule has 1 fully saturated rings. The van der Waals surface area contributed by atoms with Crippen molar-refractivity contribution < 1.29 is 0 Å². The first-order valence-electron chi connectivity index (χ1n) is 7.25. The molecule has 0 bridgehead atoms. The molecule has 100 valence electrons. The summed E-state index contributed by atoms with van der Waals surface area (Å²) in [5.74, 6) is 1.64. The summed E-state index contributed by atoms with van der Waals surface area (Å²) in [5.41, 5.74) is 8.17. The third-order valence-corrected chi connectivity index (χ3v) is 3.77. The summed E-state index contributed by atoms with van der Waals surface area (Å²) in [6.45, 7) is 4.11. The molecule has 0 amide bonds. The van der Waals surface area contributed by atoms with Gasteiger partial charge in [0.05, 0.1) is 0 Å². The van der Waals surface area contributed by atoms with Gasteiger partial charge in [-0.1, -0.05) is 19.3 Å². The van der Waals surface area contributed by atoms with Crippen LogP contribution < -0.4 is 5.73 Å². The zero-order chi connectivity index (χ0) is 13.0. The van der Waals surface area contributed by atoms with Gasteiger partial charge < -0.3 is 5.73 Å². The molecule has 1 aliphatic rings. The van der Waals surface area contributed by atoms with Crippen molar-refractivity contribution in [1.29, 1.82) is 0 Å². The molecule has 1 saturated carbocycles. The van der Waals surface area contributed by atoms with Gasteiger partial charge >= 0.3 is 0 Å². The van der Waals surface area contributed by atoms with E-state index in [0.29, 0.717) is 5.92 Å². The highest BCUT2D eigenvalue weighted by molar-refractivity contribution is 5.15. The minimum Gasteiger partial charge on any atom is -0.328 e. The van der Waals surface area contributed by atoms with E-state index in [2.05, 4.69) is 18.0 Å². The van der Waals surface area contributed by atoms with Crippen LogP contribution in [0.15, 0.2) is 6.07 Å². The molecule has 1 aromatic heterocycles. The van der Waals surface area contributed by atoms with Gasteiger partial charge in [0.1, 0.15) is 5.82 Å². The Morgan fingerprint density at radius 2 is 2.00 bits per heavy atom. The van der Waals surface area contributed by atoms with E-state index in [0.717, 1.165) is 24.4 Å². The summed E-state index contributed by atoms with van der Waals surface area (Å²) in [6.07, 6.45) is 8.54. The summed E-state index contributed by atoms with van der Waals surface area (Å²) < 4.78 is 0. The fourth-order valence-electron chi connectivity index (χ4n) is 2.73. The van der Waals surface area contributed by atoms with Gasteiger partial charge in [-0.15, -0.1) is 0 Å². The van der Waals surface area contributed by atoms with Gasteiger partial charge in [0.2, 0.25) is 0 Å². The van der Waals surface area contributed by atoms with E-state index in [1.807, 2.05) is 6.92 Å². The first-order valence-corrected chi connectivity index (χ1v) is 7.25. The Balaban J connectivity index is 2.09. The van der Waals surface area contributed by atoms with E-state index in [1.165, 1.54) is 37.8 Å². The Kier molecular flexibility index (Phi) is 4.70. The van der Waals surface area contributed by atoms with E-state index in [-0.39, 0.29) is 6.04 Å². The predicted molar refractivity (Wildman–Crippen MR) is 74.6 cm³/mol. The van der Waals surface area contributed by atoms with Crippen molar-refractivity contribution in [1.82, 2.24) is 9.97 Å². The number of nitrogens with zero attached hydrogens (tertiary/aromatic N) is 2. The smallest absolute Gasteiger partial charge is 0.128 e. The van der Waals surface area contributed by atoms with Gasteiger partial charge in [0.15, 0.2) is 0 Å². The van der Waals surface area contributed by atoms with E-state index >= 15 is 0 Å². The standard InChI is InChI=1S/C15H25N3/c1-11(16)8-9-15-17-12(2)10-14(18-15)13-6-4-3-5-7-13/h10-11,13H,3-9,16H2,1-2H3. The van der Waals surface area contributed by atoms with Gasteiger partial charge in [-0.05, 0) is 39.2 Å². The van der Waals surface area contributed by atoms with Crippen LogP contribution >= 0.6 is 0 Å². The molecule has 2 N–H and O–H groups in total. The average molecular weight is 247 g/mol. The largest absolute Gasteiger partial charge is 0.328 e. The second-order valence-corrected chi connectivity index (χ2v) is 5.70. The first-order chi connectivity index (χ1) is 8.65. The summed E-state index contributed by atoms with van der Waals surface area (Å²) in [4.78, 5) is 9.30. The van der Waals surface area contributed by atoms with Gasteiger partial charge in [0, 0.05) is 29.8 Å². The molecule has 2 rings (SSSR count). The molecule has 1 aromatic rings. The molecule has 0 aliphatic heterocycles. The number of hydrogen-bond donors (Lipinski definition) is 1. The Bertz CT molecular complexity index is 381. The highest BCUT2D eigenvalue weighted by Crippen LogP contribution is 2.31. The lowest BCUT2D eigenvalue weighted by Gasteiger charge is -2.21. The van der Waals surface area contributed by atoms with Crippen LogP contribution in [0.3, 0.4) is 0 Å². The van der Waals surface area contributed by atoms with Crippen LogP contribution in [-0.4, -0.2) is 16.0 Å². The molecule has 3 heteroatoms. The second-order valence-electron chi connectivity index (χ2n) is 5.70. The quantitative estimate of drug-likeness (QED) is 0.889. The molecular weight excluding hydrogens is 222 g/mol. The van der Waals surface area contributed by atoms with Crippen LogP contribution in [0.25, 0.3) is 0 Å². The summed E-state index contributed by atoms with van der Waals surface area (Å²) in [7, 11) is 0. The van der Waals surface area contributed by atoms with Crippen LogP contribution in [0.4, 0.5) is 0 Å². The molecule has 0 saturated heterocycles. The molecule has 1 heterocycles. The van der Waals surface area contributed by atoms with Crippen molar-refractivity contribution in [2.24, 2.45) is 5.73 Å². The monoisotopic (exact) mass is 247 g/mol. The van der Waals surface area contributed by atoms with E-state index < -0.39 is 0 Å². The van der Waals surface area contributed by atoms with Gasteiger partial charge in [0.25, 0.3) is 0 Å². The predicted octanol–water partition coefficient (Wildman–Crippen LogP) is 3.11. The minimum atomic E-state index is 0.229. The Morgan fingerprint density at radius 1 is 1.28 bits per heavy atom. The van der Waals surface area contributed by atoms with Crippen LogP contribution in [0.5, 0.6) is 0 Å². The van der Waals surface area contributed by atoms with Gasteiger partial charge in [-0.2, -0.15) is 0 Å². The molecule has 0 aromatic carbocycles. The van der Waals surface area contributed by atoms with Gasteiger partial charge in [-0.3, -0.25) is 0 Å². The fraction of sp³-hybridized carbons (Fsp3) is 0.733. The van der Waals surface area contributed by atoms with Crippen molar-refractivity contribution in [2.75, 3.05) is 0 Å². The van der Waals surface area contributed by atoms with E-state index in [1.54, 1.807) is 0 Å². The maximum absolute atomic E-state index is 5.80. The number of rotatable bonds is 4. The SMILES string of the molecule is Cc1cc(C2CCCCC2)nc(CCC(C)N)n1. The molecular formula is C15H25N3. The number of aromatic nitrogens is 2. The maximum Gasteiger partial charge on any atom is 0.128 e. The van der Waals surface area contributed by atoms with Crippen molar-refractivity contribution in [3.05, 3.63) is 23.3 Å². The topological polar surface area (TPSA) is 51.8 Å². The number of nitrogens with two attached hydrogens (primary N) is 1. The first kappa shape index (κ1) is 13.5. The third kappa shape index (κ3) is 3.77. The lowest BCUT2D eigenvalue weighted by molar-refractivity contribution is 0.434. The Hall–Kier alpha value is -0.960. The molecule has 18 heavy (non-hydrogen) atoms. The Labute approximate surface area is 110 Å². The second kappa shape index (κ2) is 6.28. The van der Waals surface area contributed by atoms with E-state index in [9.17, 15) is 0 Å². The molecule has 0 spiro atoms. The zero-order valence-corrected chi connectivity index (χ0v) is 11.7. The van der Waals surface area contributed by atoms with Gasteiger partial charge in [-0.25, -0.2) is 9.97 Å². The molecule has 0 radical (unpaired) electrons. The molecule has 3 nitrogen and oxygen atoms in total. The van der Waals surface area contributed by atoms with E-state index in [4.69, 9.17) is 10.7 Å². The number of aryl methyl sites for hydroxylation is 2. The molecule has 1 aliphatic carbocycles. The summed E-state index contributed by atoms with van der Waals surface area (Å²) in [5, 5.41) is 0. The van der Waals surface area contributed by atoms with Crippen LogP contribution in [0.2, 0.25) is 0 Å². The average Bonchev–Trinajstić information content (AvgIpc) is 2.37. The number of hydrogen-bond acceptors (Lipinski definition) is 3. The molecule has 1 atom stereocenters. The third-order valence-electron chi connectivity index (χ3n) is 3.77. The van der Waals surface area contributed by atoms with Crippen LogP contribution in [-0.2, 0) is 6.42 Å². The van der Waals surface area contributed by atoms with Crippen molar-refractivity contribution >= 4 is 0 Å².